The Morgan fingerprint density at radius 1 is 1.10 bits per heavy atom. The van der Waals surface area contributed by atoms with Crippen LogP contribution in [-0.2, 0) is 24.2 Å². The average Bonchev–Trinajstić information content (AvgIpc) is 2.76. The van der Waals surface area contributed by atoms with Crippen molar-refractivity contribution < 1.29 is 9.53 Å². The van der Waals surface area contributed by atoms with Crippen LogP contribution in [0.2, 0.25) is 10.0 Å². The third-order valence-corrected chi connectivity index (χ3v) is 5.62. The van der Waals surface area contributed by atoms with Crippen molar-refractivity contribution >= 4 is 34.8 Å². The lowest BCUT2D eigenvalue weighted by molar-refractivity contribution is -0.131. The molecule has 0 fully saturated rings. The van der Waals surface area contributed by atoms with Crippen molar-refractivity contribution in [3.8, 4) is 5.75 Å². The van der Waals surface area contributed by atoms with E-state index in [1.807, 2.05) is 48.5 Å². The van der Waals surface area contributed by atoms with Crippen molar-refractivity contribution in [2.24, 2.45) is 5.10 Å². The monoisotopic (exact) mass is 439 g/mol. The number of amides is 1. The number of hydrogen-bond acceptors (Lipinski definition) is 4. The summed E-state index contributed by atoms with van der Waals surface area (Å²) in [5.41, 5.74) is 4.29. The second kappa shape index (κ2) is 8.86. The highest BCUT2D eigenvalue weighted by molar-refractivity contribution is 6.36. The number of carbonyl (C=O) groups is 1. The van der Waals surface area contributed by atoms with Crippen LogP contribution < -0.4 is 4.74 Å². The van der Waals surface area contributed by atoms with E-state index in [-0.39, 0.29) is 12.3 Å². The maximum Gasteiger partial charge on any atom is 0.247 e. The largest absolute Gasteiger partial charge is 0.497 e. The molecule has 1 aliphatic heterocycles. The number of methoxy groups -OCH3 is 1. The summed E-state index contributed by atoms with van der Waals surface area (Å²) in [6.45, 7) is 0.375. The van der Waals surface area contributed by atoms with Crippen molar-refractivity contribution in [1.82, 2.24) is 9.99 Å². The minimum atomic E-state index is -0.0842. The Labute approximate surface area is 184 Å². The van der Waals surface area contributed by atoms with Gasteiger partial charge in [0.05, 0.1) is 35.8 Å². The van der Waals surface area contributed by atoms with Crippen LogP contribution in [0.5, 0.6) is 5.75 Å². The summed E-state index contributed by atoms with van der Waals surface area (Å²) in [7, 11) is 1.62. The topological polar surface area (TPSA) is 54.8 Å². The van der Waals surface area contributed by atoms with Gasteiger partial charge in [-0.3, -0.25) is 9.78 Å². The fourth-order valence-electron chi connectivity index (χ4n) is 3.42. The molecule has 5 nitrogen and oxygen atoms in total. The number of benzene rings is 2. The highest BCUT2D eigenvalue weighted by Gasteiger charge is 2.25. The molecule has 7 heteroatoms. The van der Waals surface area contributed by atoms with Gasteiger partial charge >= 0.3 is 0 Å². The van der Waals surface area contributed by atoms with E-state index in [2.05, 4.69) is 10.1 Å². The highest BCUT2D eigenvalue weighted by Crippen LogP contribution is 2.29. The van der Waals surface area contributed by atoms with E-state index >= 15 is 0 Å². The second-order valence-electron chi connectivity index (χ2n) is 6.94. The lowest BCUT2D eigenvalue weighted by atomic mass is 9.96. The molecule has 2 heterocycles. The van der Waals surface area contributed by atoms with Gasteiger partial charge in [-0.2, -0.15) is 5.10 Å². The molecular weight excluding hydrogens is 421 g/mol. The van der Waals surface area contributed by atoms with Crippen LogP contribution in [-0.4, -0.2) is 28.7 Å². The van der Waals surface area contributed by atoms with E-state index in [0.717, 1.165) is 33.7 Å². The van der Waals surface area contributed by atoms with Crippen molar-refractivity contribution in [3.63, 3.8) is 0 Å². The molecule has 1 aliphatic rings. The molecule has 0 N–H and O–H groups in total. The first-order valence-corrected chi connectivity index (χ1v) is 10.2. The first-order chi connectivity index (χ1) is 14.5. The second-order valence-corrected chi connectivity index (χ2v) is 7.76. The molecular formula is C23H19Cl2N3O2. The number of carbonyl (C=O) groups excluding carboxylic acids is 1. The molecule has 0 saturated heterocycles. The first kappa shape index (κ1) is 20.4. The van der Waals surface area contributed by atoms with Crippen molar-refractivity contribution in [2.75, 3.05) is 7.11 Å². The SMILES string of the molecule is COc1ccc2c(c1)CN(C(=O)Cc1ccccc1)N=C2Cc1c(Cl)cncc1Cl. The zero-order chi connectivity index (χ0) is 21.1. The number of hydrogen-bond donors (Lipinski definition) is 0. The fourth-order valence-corrected chi connectivity index (χ4v) is 3.91. The first-order valence-electron chi connectivity index (χ1n) is 9.42. The van der Waals surface area contributed by atoms with E-state index < -0.39 is 0 Å². The number of fused-ring (bicyclic) bond motifs is 1. The third kappa shape index (κ3) is 4.32. The molecule has 0 atom stereocenters. The molecule has 0 aliphatic carbocycles. The van der Waals surface area contributed by atoms with Crippen LogP contribution in [0.1, 0.15) is 22.3 Å². The molecule has 0 radical (unpaired) electrons. The molecule has 1 aromatic heterocycles. The average molecular weight is 440 g/mol. The Bertz CT molecular complexity index is 1100. The molecule has 30 heavy (non-hydrogen) atoms. The summed E-state index contributed by atoms with van der Waals surface area (Å²) in [6.07, 6.45) is 3.77. The van der Waals surface area contributed by atoms with Gasteiger partial charge in [0.25, 0.3) is 0 Å². The molecule has 0 bridgehead atoms. The van der Waals surface area contributed by atoms with E-state index in [1.54, 1.807) is 19.5 Å². The maximum atomic E-state index is 13.0. The Morgan fingerprint density at radius 2 is 1.83 bits per heavy atom. The lowest BCUT2D eigenvalue weighted by Crippen LogP contribution is -2.33. The van der Waals surface area contributed by atoms with E-state index in [1.165, 1.54) is 5.01 Å². The quantitative estimate of drug-likeness (QED) is 0.566. The fraction of sp³-hybridized carbons (Fsp3) is 0.174. The van der Waals surface area contributed by atoms with Crippen LogP contribution in [0.3, 0.4) is 0 Å². The Kier molecular flexibility index (Phi) is 6.02. The van der Waals surface area contributed by atoms with Crippen molar-refractivity contribution in [2.45, 2.75) is 19.4 Å². The van der Waals surface area contributed by atoms with Gasteiger partial charge < -0.3 is 4.74 Å². The van der Waals surface area contributed by atoms with E-state index in [9.17, 15) is 4.79 Å². The molecule has 1 amide bonds. The summed E-state index contributed by atoms with van der Waals surface area (Å²) in [5.74, 6) is 0.643. The molecule has 3 aromatic rings. The van der Waals surface area contributed by atoms with Gasteiger partial charge in [-0.15, -0.1) is 0 Å². The standard InChI is InChI=1S/C23H19Cl2N3O2/c1-30-17-7-8-18-16(10-17)14-28(23(29)9-15-5-3-2-4-6-15)27-22(18)11-19-20(24)12-26-13-21(19)25/h2-8,10,12-13H,9,11,14H2,1H3. The number of halogens is 2. The van der Waals surface area contributed by atoms with Gasteiger partial charge in [0.2, 0.25) is 5.91 Å². The van der Waals surface area contributed by atoms with Crippen LogP contribution >= 0.6 is 23.2 Å². The Balaban J connectivity index is 1.70. The smallest absolute Gasteiger partial charge is 0.247 e. The zero-order valence-corrected chi connectivity index (χ0v) is 17.8. The van der Waals surface area contributed by atoms with Crippen LogP contribution in [0.4, 0.5) is 0 Å². The van der Waals surface area contributed by atoms with E-state index in [4.69, 9.17) is 27.9 Å². The number of nitrogens with zero attached hydrogens (tertiary/aromatic N) is 3. The number of hydrazone groups is 1. The van der Waals surface area contributed by atoms with Gasteiger partial charge in [-0.1, -0.05) is 53.5 Å². The summed E-state index contributed by atoms with van der Waals surface area (Å²) >= 11 is 12.7. The lowest BCUT2D eigenvalue weighted by Gasteiger charge is -2.27. The minimum Gasteiger partial charge on any atom is -0.497 e. The number of aromatic nitrogens is 1. The predicted molar refractivity (Wildman–Crippen MR) is 118 cm³/mol. The summed E-state index contributed by atoms with van der Waals surface area (Å²) in [4.78, 5) is 17.0. The van der Waals surface area contributed by atoms with Gasteiger partial charge in [0.15, 0.2) is 0 Å². The minimum absolute atomic E-state index is 0.0842. The van der Waals surface area contributed by atoms with Crippen molar-refractivity contribution in [1.29, 1.82) is 0 Å². The molecule has 0 unspecified atom stereocenters. The predicted octanol–water partition coefficient (Wildman–Crippen LogP) is 4.93. The normalized spacial score (nSPS) is 12.9. The van der Waals surface area contributed by atoms with Crippen LogP contribution in [0, 0.1) is 0 Å². The summed E-state index contributed by atoms with van der Waals surface area (Å²) in [5, 5.41) is 7.11. The van der Waals surface area contributed by atoms with Crippen molar-refractivity contribution in [3.05, 3.63) is 93.2 Å². The summed E-state index contributed by atoms with van der Waals surface area (Å²) < 4.78 is 5.37. The van der Waals surface area contributed by atoms with Crippen LogP contribution in [0.25, 0.3) is 0 Å². The van der Waals surface area contributed by atoms with Crippen LogP contribution in [0.15, 0.2) is 66.0 Å². The van der Waals surface area contributed by atoms with Gasteiger partial charge in [0.1, 0.15) is 5.75 Å². The number of rotatable bonds is 5. The van der Waals surface area contributed by atoms with Gasteiger partial charge in [-0.05, 0) is 34.9 Å². The highest BCUT2D eigenvalue weighted by atomic mass is 35.5. The third-order valence-electron chi connectivity index (χ3n) is 4.97. The Morgan fingerprint density at radius 3 is 2.53 bits per heavy atom. The molecule has 152 valence electrons. The Hall–Kier alpha value is -2.89. The maximum absolute atomic E-state index is 13.0. The van der Waals surface area contributed by atoms with Gasteiger partial charge in [0, 0.05) is 24.4 Å². The molecule has 2 aromatic carbocycles. The number of pyridine rings is 1. The van der Waals surface area contributed by atoms with Gasteiger partial charge in [-0.25, -0.2) is 5.01 Å². The summed E-state index contributed by atoms with van der Waals surface area (Å²) in [6, 6.07) is 15.4. The zero-order valence-electron chi connectivity index (χ0n) is 16.3. The number of ether oxygens (including phenoxy) is 1. The van der Waals surface area contributed by atoms with E-state index in [0.29, 0.717) is 23.0 Å². The molecule has 0 spiro atoms. The molecule has 4 rings (SSSR count). The molecule has 0 saturated carbocycles.